The first-order chi connectivity index (χ1) is 13.1. The summed E-state index contributed by atoms with van der Waals surface area (Å²) in [5.74, 6) is 0. The summed E-state index contributed by atoms with van der Waals surface area (Å²) in [4.78, 5) is 7.16. The van der Waals surface area contributed by atoms with Crippen molar-refractivity contribution < 1.29 is 0 Å². The molecule has 0 radical (unpaired) electrons. The van der Waals surface area contributed by atoms with Crippen LogP contribution in [0.3, 0.4) is 0 Å². The molecule has 2 aromatic carbocycles. The van der Waals surface area contributed by atoms with E-state index in [0.717, 1.165) is 20.2 Å². The van der Waals surface area contributed by atoms with Gasteiger partial charge in [0.2, 0.25) is 0 Å². The molecule has 0 bridgehead atoms. The molecular formula is C23H26Br2N2. The molecule has 0 amide bonds. The number of anilines is 1. The molecule has 0 aromatic heterocycles. The highest BCUT2D eigenvalue weighted by Crippen LogP contribution is 2.45. The van der Waals surface area contributed by atoms with Crippen molar-refractivity contribution in [2.45, 2.75) is 44.9 Å². The molecule has 0 N–H and O–H groups in total. The largest absolute Gasteiger partial charge is 0.371 e. The number of hydrogen-bond acceptors (Lipinski definition) is 2. The Kier molecular flexibility index (Phi) is 6.03. The zero-order valence-electron chi connectivity index (χ0n) is 15.6. The van der Waals surface area contributed by atoms with Crippen LogP contribution in [-0.2, 0) is 0 Å². The third kappa shape index (κ3) is 4.83. The van der Waals surface area contributed by atoms with Crippen molar-refractivity contribution >= 4 is 49.4 Å². The third-order valence-electron chi connectivity index (χ3n) is 6.21. The van der Waals surface area contributed by atoms with Crippen LogP contribution in [0.2, 0.25) is 0 Å². The van der Waals surface area contributed by atoms with Crippen molar-refractivity contribution in [2.24, 2.45) is 10.4 Å². The molecule has 1 saturated heterocycles. The zero-order valence-corrected chi connectivity index (χ0v) is 18.8. The predicted octanol–water partition coefficient (Wildman–Crippen LogP) is 7.51. The molecule has 2 aromatic rings. The van der Waals surface area contributed by atoms with Crippen molar-refractivity contribution in [1.29, 1.82) is 0 Å². The Balaban J connectivity index is 1.38. The van der Waals surface area contributed by atoms with Crippen LogP contribution in [0.25, 0.3) is 0 Å². The van der Waals surface area contributed by atoms with Crippen molar-refractivity contribution in [3.05, 3.63) is 57.0 Å². The van der Waals surface area contributed by atoms with Crippen LogP contribution in [0.15, 0.2) is 56.4 Å². The molecule has 1 saturated carbocycles. The van der Waals surface area contributed by atoms with E-state index in [1.54, 1.807) is 0 Å². The quantitative estimate of drug-likeness (QED) is 0.407. The summed E-state index contributed by atoms with van der Waals surface area (Å²) in [5.41, 5.74) is 4.09. The molecular weight excluding hydrogens is 464 g/mol. The first kappa shape index (κ1) is 19.2. The summed E-state index contributed by atoms with van der Waals surface area (Å²) in [7, 11) is 0. The summed E-state index contributed by atoms with van der Waals surface area (Å²) in [6.45, 7) is 2.42. The second-order valence-electron chi connectivity index (χ2n) is 8.03. The number of hydrogen-bond donors (Lipinski definition) is 0. The Morgan fingerprint density at radius 2 is 1.44 bits per heavy atom. The molecule has 2 nitrogen and oxygen atoms in total. The second-order valence-corrected chi connectivity index (χ2v) is 9.86. The molecule has 1 heterocycles. The monoisotopic (exact) mass is 488 g/mol. The molecule has 4 rings (SSSR count). The minimum Gasteiger partial charge on any atom is -0.371 e. The molecule has 1 aliphatic carbocycles. The number of halogens is 2. The Morgan fingerprint density at radius 3 is 2.07 bits per heavy atom. The van der Waals surface area contributed by atoms with Crippen LogP contribution in [0.5, 0.6) is 0 Å². The summed E-state index contributed by atoms with van der Waals surface area (Å²) in [5, 5.41) is 0. The summed E-state index contributed by atoms with van der Waals surface area (Å²) < 4.78 is 2.06. The van der Waals surface area contributed by atoms with Crippen molar-refractivity contribution in [3.8, 4) is 0 Å². The number of benzene rings is 2. The van der Waals surface area contributed by atoms with Crippen molar-refractivity contribution in [1.82, 2.24) is 0 Å². The zero-order chi connectivity index (χ0) is 18.7. The fourth-order valence-corrected chi connectivity index (χ4v) is 5.84. The van der Waals surface area contributed by atoms with Gasteiger partial charge >= 0.3 is 0 Å². The Hall–Kier alpha value is -1.13. The van der Waals surface area contributed by atoms with Gasteiger partial charge < -0.3 is 4.90 Å². The Morgan fingerprint density at radius 1 is 0.815 bits per heavy atom. The first-order valence-electron chi connectivity index (χ1n) is 9.97. The van der Waals surface area contributed by atoms with E-state index >= 15 is 0 Å². The third-order valence-corrected chi connectivity index (χ3v) is 7.12. The Labute approximate surface area is 179 Å². The van der Waals surface area contributed by atoms with E-state index in [4.69, 9.17) is 0 Å². The number of rotatable bonds is 3. The number of piperidine rings is 1. The minimum absolute atomic E-state index is 0.666. The van der Waals surface area contributed by atoms with E-state index in [1.165, 1.54) is 63.7 Å². The van der Waals surface area contributed by atoms with Gasteiger partial charge in [-0.25, -0.2) is 0 Å². The molecule has 1 aliphatic heterocycles. The van der Waals surface area contributed by atoms with Gasteiger partial charge in [-0.3, -0.25) is 4.99 Å². The lowest BCUT2D eigenvalue weighted by atomic mass is 9.68. The fraction of sp³-hybridized carbons (Fsp3) is 0.435. The van der Waals surface area contributed by atoms with Gasteiger partial charge in [-0.05, 0) is 67.0 Å². The number of nitrogens with zero attached hydrogens (tertiary/aromatic N) is 2. The van der Waals surface area contributed by atoms with Gasteiger partial charge in [0.25, 0.3) is 0 Å². The van der Waals surface area contributed by atoms with E-state index in [9.17, 15) is 0 Å². The van der Waals surface area contributed by atoms with Crippen LogP contribution < -0.4 is 4.90 Å². The summed E-state index contributed by atoms with van der Waals surface area (Å²) in [6.07, 6.45) is 11.9. The highest BCUT2D eigenvalue weighted by atomic mass is 79.9. The van der Waals surface area contributed by atoms with Crippen LogP contribution in [0.1, 0.15) is 50.5 Å². The molecule has 4 heteroatoms. The average molecular weight is 490 g/mol. The molecule has 1 spiro atoms. The van der Waals surface area contributed by atoms with Crippen molar-refractivity contribution in [3.63, 3.8) is 0 Å². The molecule has 2 aliphatic rings. The van der Waals surface area contributed by atoms with Crippen LogP contribution in [-0.4, -0.2) is 19.3 Å². The van der Waals surface area contributed by atoms with Gasteiger partial charge in [0.1, 0.15) is 0 Å². The summed E-state index contributed by atoms with van der Waals surface area (Å²) in [6, 6.07) is 14.9. The maximum Gasteiger partial charge on any atom is 0.0652 e. The lowest BCUT2D eigenvalue weighted by Gasteiger charge is -2.45. The Bertz CT molecular complexity index is 777. The molecule has 0 unspecified atom stereocenters. The molecule has 27 heavy (non-hydrogen) atoms. The second kappa shape index (κ2) is 8.48. The minimum atomic E-state index is 0.666. The number of aliphatic imine (C=N–C) groups is 1. The van der Waals surface area contributed by atoms with E-state index in [2.05, 4.69) is 66.0 Å². The maximum absolute atomic E-state index is 4.60. The van der Waals surface area contributed by atoms with Crippen LogP contribution in [0, 0.1) is 5.41 Å². The molecule has 0 atom stereocenters. The normalized spacial score (nSPS) is 19.7. The topological polar surface area (TPSA) is 15.6 Å². The van der Waals surface area contributed by atoms with E-state index in [-0.39, 0.29) is 0 Å². The van der Waals surface area contributed by atoms with Gasteiger partial charge in [0, 0.05) is 33.9 Å². The molecule has 2 fully saturated rings. The smallest absolute Gasteiger partial charge is 0.0652 e. The standard InChI is InChI=1S/C23H26Br2N2/c24-19-14-20(25)16-21(15-19)26-17-18-4-6-22(7-5-18)27-12-10-23(11-13-27)8-2-1-3-9-23/h4-7,14-17H,1-3,8-13H2. The highest BCUT2D eigenvalue weighted by molar-refractivity contribution is 9.11. The van der Waals surface area contributed by atoms with Crippen LogP contribution >= 0.6 is 31.9 Å². The van der Waals surface area contributed by atoms with E-state index in [1.807, 2.05) is 24.4 Å². The fourth-order valence-electron chi connectivity index (χ4n) is 4.58. The summed E-state index contributed by atoms with van der Waals surface area (Å²) >= 11 is 7.02. The lowest BCUT2D eigenvalue weighted by molar-refractivity contribution is 0.144. The SMILES string of the molecule is Brc1cc(Br)cc(N=Cc2ccc(N3CCC4(CCCCC4)CC3)cc2)c1. The average Bonchev–Trinajstić information content (AvgIpc) is 2.67. The maximum atomic E-state index is 4.60. The van der Waals surface area contributed by atoms with Gasteiger partial charge in [-0.15, -0.1) is 0 Å². The van der Waals surface area contributed by atoms with Gasteiger partial charge in [0.15, 0.2) is 0 Å². The van der Waals surface area contributed by atoms with E-state index in [0.29, 0.717) is 5.41 Å². The van der Waals surface area contributed by atoms with Gasteiger partial charge in [-0.2, -0.15) is 0 Å². The first-order valence-corrected chi connectivity index (χ1v) is 11.6. The van der Waals surface area contributed by atoms with Gasteiger partial charge in [0.05, 0.1) is 5.69 Å². The lowest BCUT2D eigenvalue weighted by Crippen LogP contribution is -2.41. The highest BCUT2D eigenvalue weighted by Gasteiger charge is 2.35. The van der Waals surface area contributed by atoms with Crippen LogP contribution in [0.4, 0.5) is 11.4 Å². The molecule has 142 valence electrons. The van der Waals surface area contributed by atoms with Gasteiger partial charge in [-0.1, -0.05) is 63.3 Å². The van der Waals surface area contributed by atoms with E-state index < -0.39 is 0 Å². The predicted molar refractivity (Wildman–Crippen MR) is 123 cm³/mol. The van der Waals surface area contributed by atoms with Crippen molar-refractivity contribution in [2.75, 3.05) is 18.0 Å².